The Balaban J connectivity index is 2.57. The summed E-state index contributed by atoms with van der Waals surface area (Å²) in [4.78, 5) is 0. The van der Waals surface area contributed by atoms with Crippen LogP contribution < -0.4 is 2.89 Å². The van der Waals surface area contributed by atoms with Crippen LogP contribution in [-0.4, -0.2) is 21.1 Å². The molecule has 2 heteroatoms. The van der Waals surface area contributed by atoms with E-state index < -0.39 is 0 Å². The molecule has 10 heavy (non-hydrogen) atoms. The Morgan fingerprint density at radius 2 is 2.10 bits per heavy atom. The van der Waals surface area contributed by atoms with Crippen LogP contribution >= 0.6 is 11.3 Å². The first-order chi connectivity index (χ1) is 4.58. The van der Waals surface area contributed by atoms with Gasteiger partial charge < -0.3 is 0 Å². The fraction of sp³-hybridized carbons (Fsp3) is 0.500. The van der Waals surface area contributed by atoms with Gasteiger partial charge >= 0.3 is 77.1 Å². The number of thiophene rings is 1. The van der Waals surface area contributed by atoms with Gasteiger partial charge in [0.1, 0.15) is 0 Å². The minimum absolute atomic E-state index is 0.284. The third-order valence-corrected chi connectivity index (χ3v) is 6.72. The SMILES string of the molecule is C[C](C)(C)[Sn][c]1cccs1. The zero-order chi connectivity index (χ0) is 7.61. The first kappa shape index (κ1) is 8.59. The van der Waals surface area contributed by atoms with Crippen LogP contribution in [0.5, 0.6) is 0 Å². The summed E-state index contributed by atoms with van der Waals surface area (Å²) < 4.78 is 2.27. The molecule has 0 fully saturated rings. The molecule has 0 atom stereocenters. The van der Waals surface area contributed by atoms with E-state index in [4.69, 9.17) is 0 Å². The van der Waals surface area contributed by atoms with Crippen molar-refractivity contribution in [3.8, 4) is 0 Å². The van der Waals surface area contributed by atoms with E-state index in [-0.39, 0.29) is 21.1 Å². The van der Waals surface area contributed by atoms with Crippen LogP contribution in [0.1, 0.15) is 20.8 Å². The third kappa shape index (κ3) is 3.06. The predicted octanol–water partition coefficient (Wildman–Crippen LogP) is 2.30. The van der Waals surface area contributed by atoms with Gasteiger partial charge in [-0.15, -0.1) is 0 Å². The van der Waals surface area contributed by atoms with Crippen LogP contribution in [0.25, 0.3) is 0 Å². The topological polar surface area (TPSA) is 0 Å². The molecule has 0 amide bonds. The summed E-state index contributed by atoms with van der Waals surface area (Å²) in [5.41, 5.74) is 0. The fourth-order valence-electron chi connectivity index (χ4n) is 0.719. The molecule has 1 aromatic heterocycles. The van der Waals surface area contributed by atoms with Crippen LogP contribution in [0.4, 0.5) is 0 Å². The van der Waals surface area contributed by atoms with Crippen molar-refractivity contribution < 1.29 is 0 Å². The average Bonchev–Trinajstić information content (AvgIpc) is 2.12. The molecule has 0 nitrogen and oxygen atoms in total. The van der Waals surface area contributed by atoms with E-state index in [2.05, 4.69) is 38.3 Å². The average molecular weight is 259 g/mol. The van der Waals surface area contributed by atoms with Gasteiger partial charge in [-0.05, 0) is 0 Å². The molecule has 0 saturated heterocycles. The molecule has 0 spiro atoms. The summed E-state index contributed by atoms with van der Waals surface area (Å²) in [7, 11) is 0. The molecule has 1 aromatic rings. The zero-order valence-electron chi connectivity index (χ0n) is 6.64. The molecule has 54 valence electrons. The van der Waals surface area contributed by atoms with Crippen molar-refractivity contribution in [1.82, 2.24) is 0 Å². The number of hydrogen-bond acceptors (Lipinski definition) is 1. The molecule has 0 saturated carbocycles. The Labute approximate surface area is 76.9 Å². The molecular weight excluding hydrogens is 247 g/mol. The van der Waals surface area contributed by atoms with Gasteiger partial charge in [0, 0.05) is 0 Å². The van der Waals surface area contributed by atoms with E-state index in [9.17, 15) is 0 Å². The molecular formula is C8H12SSn. The van der Waals surface area contributed by atoms with Gasteiger partial charge in [0.15, 0.2) is 0 Å². The molecule has 0 aromatic carbocycles. The van der Waals surface area contributed by atoms with Crippen LogP contribution in [0.15, 0.2) is 17.5 Å². The molecule has 1 heterocycles. The van der Waals surface area contributed by atoms with Gasteiger partial charge in [-0.3, -0.25) is 0 Å². The minimum atomic E-state index is -0.284. The maximum absolute atomic E-state index is 2.35. The Morgan fingerprint density at radius 1 is 1.40 bits per heavy atom. The predicted molar refractivity (Wildman–Crippen MR) is 49.4 cm³/mol. The van der Waals surface area contributed by atoms with Crippen molar-refractivity contribution in [1.29, 1.82) is 0 Å². The summed E-state index contributed by atoms with van der Waals surface area (Å²) in [5.74, 6) is 0. The van der Waals surface area contributed by atoms with Gasteiger partial charge in [-0.2, -0.15) is 0 Å². The number of hydrogen-bond donors (Lipinski definition) is 0. The van der Waals surface area contributed by atoms with Crippen molar-refractivity contribution in [2.24, 2.45) is 0 Å². The fourth-order valence-corrected chi connectivity index (χ4v) is 7.00. The van der Waals surface area contributed by atoms with Crippen LogP contribution in [0, 0.1) is 0 Å². The molecule has 1 rings (SSSR count). The molecule has 0 aliphatic heterocycles. The second-order valence-electron chi connectivity index (χ2n) is 3.35. The summed E-state index contributed by atoms with van der Waals surface area (Å²) in [6, 6.07) is 4.44. The first-order valence-corrected chi connectivity index (χ1v) is 7.13. The Kier molecular flexibility index (Phi) is 2.80. The molecule has 0 unspecified atom stereocenters. The van der Waals surface area contributed by atoms with Gasteiger partial charge in [-0.1, -0.05) is 0 Å². The Bertz CT molecular complexity index is 184. The molecule has 0 aliphatic carbocycles. The third-order valence-electron chi connectivity index (χ3n) is 1.02. The molecule has 0 aliphatic rings. The van der Waals surface area contributed by atoms with Gasteiger partial charge in [0.05, 0.1) is 0 Å². The summed E-state index contributed by atoms with van der Waals surface area (Å²) in [5, 5.41) is 2.18. The molecule has 0 N–H and O–H groups in total. The zero-order valence-corrected chi connectivity index (χ0v) is 10.3. The van der Waals surface area contributed by atoms with Crippen LogP contribution in [-0.2, 0) is 0 Å². The van der Waals surface area contributed by atoms with Gasteiger partial charge in [0.25, 0.3) is 0 Å². The second-order valence-corrected chi connectivity index (χ2v) is 11.9. The van der Waals surface area contributed by atoms with Crippen LogP contribution in [0.2, 0.25) is 3.43 Å². The van der Waals surface area contributed by atoms with Crippen LogP contribution in [0.3, 0.4) is 0 Å². The van der Waals surface area contributed by atoms with Gasteiger partial charge in [-0.25, -0.2) is 0 Å². The van der Waals surface area contributed by atoms with Gasteiger partial charge in [0.2, 0.25) is 0 Å². The monoisotopic (exact) mass is 260 g/mol. The maximum atomic E-state index is 2.35. The van der Waals surface area contributed by atoms with Crippen molar-refractivity contribution in [3.05, 3.63) is 17.5 Å². The van der Waals surface area contributed by atoms with Crippen molar-refractivity contribution in [3.63, 3.8) is 0 Å². The van der Waals surface area contributed by atoms with Crippen molar-refractivity contribution in [2.45, 2.75) is 24.2 Å². The van der Waals surface area contributed by atoms with E-state index in [1.165, 1.54) is 0 Å². The second kappa shape index (κ2) is 3.26. The number of rotatable bonds is 1. The molecule has 0 bridgehead atoms. The van der Waals surface area contributed by atoms with E-state index in [0.29, 0.717) is 3.43 Å². The Morgan fingerprint density at radius 3 is 2.50 bits per heavy atom. The summed E-state index contributed by atoms with van der Waals surface area (Å²) in [6.45, 7) is 7.04. The Hall–Kier alpha value is 0.499. The summed E-state index contributed by atoms with van der Waals surface area (Å²) in [6.07, 6.45) is 0. The standard InChI is InChI=1S/C4H3S.C4H9.Sn/c1-2-4-5-3-1;1-4(2)3;/h1-3H;1-3H3;. The van der Waals surface area contributed by atoms with Crippen molar-refractivity contribution >= 4 is 35.4 Å². The van der Waals surface area contributed by atoms with E-state index in [1.54, 1.807) is 2.89 Å². The molecule has 2 radical (unpaired) electrons. The van der Waals surface area contributed by atoms with E-state index in [0.717, 1.165) is 0 Å². The first-order valence-electron chi connectivity index (χ1n) is 3.40. The van der Waals surface area contributed by atoms with E-state index >= 15 is 0 Å². The normalized spacial score (nSPS) is 11.9. The van der Waals surface area contributed by atoms with Crippen molar-refractivity contribution in [2.75, 3.05) is 0 Å². The quantitative estimate of drug-likeness (QED) is 0.679. The summed E-state index contributed by atoms with van der Waals surface area (Å²) >= 11 is 1.64. The van der Waals surface area contributed by atoms with E-state index in [1.807, 2.05) is 11.3 Å².